The van der Waals surface area contributed by atoms with Crippen molar-refractivity contribution in [3.8, 4) is 0 Å². The molecule has 4 heteroatoms. The molecule has 1 aliphatic heterocycles. The molecule has 0 aromatic heterocycles. The quantitative estimate of drug-likeness (QED) is 0.505. The number of hydrogen-bond acceptors (Lipinski definition) is 1. The fourth-order valence-electron chi connectivity index (χ4n) is 0.655. The third-order valence-corrected chi connectivity index (χ3v) is 1.58. The number of ether oxygens (including phenoxy) is 1. The molecule has 0 amide bonds. The normalized spacial score (nSPS) is 34.7. The second kappa shape index (κ2) is 1.62. The van der Waals surface area contributed by atoms with Crippen molar-refractivity contribution in [2.75, 3.05) is 6.61 Å². The summed E-state index contributed by atoms with van der Waals surface area (Å²) in [6.45, 7) is 1.31. The van der Waals surface area contributed by atoms with Crippen molar-refractivity contribution in [3.63, 3.8) is 0 Å². The predicted octanol–water partition coefficient (Wildman–Crippen LogP) is 1.73. The second-order valence-corrected chi connectivity index (χ2v) is 2.13. The first-order chi connectivity index (χ1) is 4.02. The van der Waals surface area contributed by atoms with Crippen LogP contribution in [0.15, 0.2) is 0 Å². The Bertz CT molecular complexity index is 114. The van der Waals surface area contributed by atoms with Gasteiger partial charge in [-0.25, -0.2) is 0 Å². The van der Waals surface area contributed by atoms with Gasteiger partial charge in [0, 0.05) is 0 Å². The van der Waals surface area contributed by atoms with Crippen molar-refractivity contribution in [1.29, 1.82) is 0 Å². The van der Waals surface area contributed by atoms with Crippen LogP contribution in [-0.4, -0.2) is 18.4 Å². The molecule has 9 heavy (non-hydrogen) atoms. The van der Waals surface area contributed by atoms with Crippen LogP contribution < -0.4 is 0 Å². The Labute approximate surface area is 50.8 Å². The van der Waals surface area contributed by atoms with E-state index in [4.69, 9.17) is 0 Å². The van der Waals surface area contributed by atoms with E-state index in [0.717, 1.165) is 0 Å². The first-order valence-electron chi connectivity index (χ1n) is 2.72. The van der Waals surface area contributed by atoms with Gasteiger partial charge in [0.05, 0.1) is 6.61 Å². The summed E-state index contributed by atoms with van der Waals surface area (Å²) in [4.78, 5) is 0. The summed E-state index contributed by atoms with van der Waals surface area (Å²) in [6.07, 6.45) is -4.14. The fraction of sp³-hybridized carbons (Fsp3) is 1.00. The number of rotatable bonds is 1. The fourth-order valence-corrected chi connectivity index (χ4v) is 0.655. The number of alkyl halides is 3. The van der Waals surface area contributed by atoms with Gasteiger partial charge in [-0.15, -0.1) is 0 Å². The number of halogens is 3. The van der Waals surface area contributed by atoms with Crippen LogP contribution in [0.25, 0.3) is 0 Å². The molecule has 1 aliphatic rings. The molecule has 0 aromatic carbocycles. The van der Waals surface area contributed by atoms with Crippen LogP contribution in [-0.2, 0) is 4.74 Å². The van der Waals surface area contributed by atoms with Crippen molar-refractivity contribution >= 4 is 0 Å². The predicted molar refractivity (Wildman–Crippen MR) is 25.0 cm³/mol. The minimum atomic E-state index is -4.16. The van der Waals surface area contributed by atoms with Gasteiger partial charge in [0.2, 0.25) is 0 Å². The molecule has 1 rings (SSSR count). The van der Waals surface area contributed by atoms with Crippen LogP contribution in [0.4, 0.5) is 13.2 Å². The van der Waals surface area contributed by atoms with Crippen LogP contribution >= 0.6 is 0 Å². The van der Waals surface area contributed by atoms with Crippen LogP contribution in [0.1, 0.15) is 13.3 Å². The van der Waals surface area contributed by atoms with Crippen LogP contribution in [0.5, 0.6) is 0 Å². The molecule has 0 N–H and O–H groups in total. The largest absolute Gasteiger partial charge is 0.419 e. The molecule has 1 atom stereocenters. The summed E-state index contributed by atoms with van der Waals surface area (Å²) in [7, 11) is 0. The maximum Gasteiger partial charge on any atom is 0.419 e. The van der Waals surface area contributed by atoms with Crippen molar-refractivity contribution < 1.29 is 17.9 Å². The molecule has 0 spiro atoms. The topological polar surface area (TPSA) is 12.5 Å². The van der Waals surface area contributed by atoms with Crippen molar-refractivity contribution in [1.82, 2.24) is 0 Å². The lowest BCUT2D eigenvalue weighted by molar-refractivity contribution is -0.184. The summed E-state index contributed by atoms with van der Waals surface area (Å²) in [5.74, 6) is 0. The molecule has 1 nitrogen and oxygen atoms in total. The molecule has 54 valence electrons. The Morgan fingerprint density at radius 1 is 1.56 bits per heavy atom. The van der Waals surface area contributed by atoms with Crippen molar-refractivity contribution in [3.05, 3.63) is 0 Å². The van der Waals surface area contributed by atoms with Gasteiger partial charge in [0.1, 0.15) is 0 Å². The highest BCUT2D eigenvalue weighted by atomic mass is 19.4. The molecule has 0 saturated carbocycles. The zero-order valence-electron chi connectivity index (χ0n) is 4.96. The highest BCUT2D eigenvalue weighted by Crippen LogP contribution is 2.45. The maximum atomic E-state index is 11.8. The molecule has 0 aromatic rings. The maximum absolute atomic E-state index is 11.8. The third kappa shape index (κ3) is 0.913. The SMILES string of the molecule is CCC1(C(F)(F)F)CO1. The van der Waals surface area contributed by atoms with Gasteiger partial charge in [-0.3, -0.25) is 0 Å². The molecule has 1 fully saturated rings. The Kier molecular flexibility index (Phi) is 1.24. The highest BCUT2D eigenvalue weighted by Gasteiger charge is 2.64. The first-order valence-corrected chi connectivity index (χ1v) is 2.72. The zero-order valence-corrected chi connectivity index (χ0v) is 4.96. The highest BCUT2D eigenvalue weighted by molar-refractivity contribution is 4.97. The molecule has 0 bridgehead atoms. The van der Waals surface area contributed by atoms with E-state index >= 15 is 0 Å². The Hall–Kier alpha value is -0.250. The zero-order chi connectivity index (χ0) is 7.12. The minimum absolute atomic E-state index is 0.0243. The van der Waals surface area contributed by atoms with Gasteiger partial charge in [-0.05, 0) is 6.42 Å². The standard InChI is InChI=1S/C5H7F3O/c1-2-4(3-9-4)5(6,7)8/h2-3H2,1H3. The molecule has 1 saturated heterocycles. The van der Waals surface area contributed by atoms with E-state index < -0.39 is 11.8 Å². The van der Waals surface area contributed by atoms with E-state index in [2.05, 4.69) is 4.74 Å². The van der Waals surface area contributed by atoms with Crippen molar-refractivity contribution in [2.24, 2.45) is 0 Å². The van der Waals surface area contributed by atoms with Crippen molar-refractivity contribution in [2.45, 2.75) is 25.1 Å². The van der Waals surface area contributed by atoms with Crippen LogP contribution in [0.3, 0.4) is 0 Å². The Morgan fingerprint density at radius 3 is 2.00 bits per heavy atom. The van der Waals surface area contributed by atoms with E-state index in [-0.39, 0.29) is 13.0 Å². The number of epoxide rings is 1. The third-order valence-electron chi connectivity index (χ3n) is 1.58. The molecule has 1 unspecified atom stereocenters. The van der Waals surface area contributed by atoms with Crippen LogP contribution in [0, 0.1) is 0 Å². The number of hydrogen-bond donors (Lipinski definition) is 0. The monoisotopic (exact) mass is 140 g/mol. The minimum Gasteiger partial charge on any atom is -0.360 e. The average molecular weight is 140 g/mol. The smallest absolute Gasteiger partial charge is 0.360 e. The van der Waals surface area contributed by atoms with Crippen LogP contribution in [0.2, 0.25) is 0 Å². The van der Waals surface area contributed by atoms with Gasteiger partial charge in [0.25, 0.3) is 0 Å². The van der Waals surface area contributed by atoms with Gasteiger partial charge in [-0.1, -0.05) is 6.92 Å². The lowest BCUT2D eigenvalue weighted by Gasteiger charge is -2.12. The molecular weight excluding hydrogens is 133 g/mol. The summed E-state index contributed by atoms with van der Waals surface area (Å²) < 4.78 is 39.6. The van der Waals surface area contributed by atoms with Gasteiger partial charge < -0.3 is 4.74 Å². The Balaban J connectivity index is 2.60. The molecule has 0 radical (unpaired) electrons. The van der Waals surface area contributed by atoms with E-state index in [0.29, 0.717) is 0 Å². The summed E-state index contributed by atoms with van der Waals surface area (Å²) in [5, 5.41) is 0. The van der Waals surface area contributed by atoms with E-state index in [1.54, 1.807) is 0 Å². The van der Waals surface area contributed by atoms with Gasteiger partial charge in [0.15, 0.2) is 5.60 Å². The first kappa shape index (κ1) is 6.86. The lowest BCUT2D eigenvalue weighted by Crippen LogP contribution is -2.31. The average Bonchev–Trinajstić information content (AvgIpc) is 2.40. The van der Waals surface area contributed by atoms with E-state index in [1.165, 1.54) is 6.92 Å². The molecular formula is C5H7F3O. The lowest BCUT2D eigenvalue weighted by atomic mass is 10.1. The van der Waals surface area contributed by atoms with Gasteiger partial charge in [-0.2, -0.15) is 13.2 Å². The van der Waals surface area contributed by atoms with E-state index in [1.807, 2.05) is 0 Å². The molecule has 0 aliphatic carbocycles. The van der Waals surface area contributed by atoms with Gasteiger partial charge >= 0.3 is 6.18 Å². The summed E-state index contributed by atoms with van der Waals surface area (Å²) in [6, 6.07) is 0. The molecule has 1 heterocycles. The van der Waals surface area contributed by atoms with E-state index in [9.17, 15) is 13.2 Å². The summed E-state index contributed by atoms with van der Waals surface area (Å²) >= 11 is 0. The Morgan fingerprint density at radius 2 is 2.00 bits per heavy atom. The summed E-state index contributed by atoms with van der Waals surface area (Å²) in [5.41, 5.74) is -1.77. The second-order valence-electron chi connectivity index (χ2n) is 2.13.